The number of hydrogen-bond donors (Lipinski definition) is 2. The third kappa shape index (κ3) is 8.31. The van der Waals surface area contributed by atoms with Crippen LogP contribution < -0.4 is 5.32 Å². The van der Waals surface area contributed by atoms with E-state index in [4.69, 9.17) is 9.84 Å². The molecule has 2 saturated heterocycles. The van der Waals surface area contributed by atoms with Crippen LogP contribution in [0, 0.1) is 5.82 Å². The summed E-state index contributed by atoms with van der Waals surface area (Å²) in [5.41, 5.74) is 2.11. The Hall–Kier alpha value is -3.87. The van der Waals surface area contributed by atoms with Gasteiger partial charge in [0.15, 0.2) is 0 Å². The summed E-state index contributed by atoms with van der Waals surface area (Å²) in [7, 11) is 3.55. The molecule has 0 spiro atoms. The molecule has 11 nitrogen and oxygen atoms in total. The predicted molar refractivity (Wildman–Crippen MR) is 144 cm³/mol. The number of ether oxygens (including phenoxy) is 1. The second-order valence-electron chi connectivity index (χ2n) is 9.51. The molecule has 1 unspecified atom stereocenters. The Morgan fingerprint density at radius 2 is 1.82 bits per heavy atom. The van der Waals surface area contributed by atoms with E-state index in [9.17, 15) is 23.6 Å². The summed E-state index contributed by atoms with van der Waals surface area (Å²) >= 11 is 0. The number of hydrogen-bond acceptors (Lipinski definition) is 7. The molecule has 2 aliphatic rings. The Kier molecular flexibility index (Phi) is 11.5. The standard InChI is InChI=1S/C20H25FN4O6.C8H11N/c1-22-11-18(27)25-16(6-7-19(28)29)20(30)23(10-17(25)24(22)13-26)8-9-31-12-14-2-4-15(21)5-3-14;1-9-7-8-5-3-2-4-6-8/h2-5,13,16-17H,6-12H2,1H3,(H,28,29);2-6,9H,7H2,1H3/t16?,17-;/m1./s1. The number of likely N-dealkylation sites (N-methyl/N-ethyl adjacent to an activating group) is 1. The highest BCUT2D eigenvalue weighted by Crippen LogP contribution is 2.26. The number of nitrogens with one attached hydrogen (secondary N) is 1. The lowest BCUT2D eigenvalue weighted by Gasteiger charge is -2.53. The first-order chi connectivity index (χ1) is 19.2. The Balaban J connectivity index is 0.000000415. The number of fused-ring (bicyclic) bond motifs is 1. The van der Waals surface area contributed by atoms with E-state index >= 15 is 0 Å². The van der Waals surface area contributed by atoms with Crippen LogP contribution in [-0.4, -0.2) is 102 Å². The van der Waals surface area contributed by atoms with Crippen molar-refractivity contribution in [2.75, 3.05) is 40.3 Å². The van der Waals surface area contributed by atoms with Gasteiger partial charge >= 0.3 is 5.97 Å². The van der Waals surface area contributed by atoms with Gasteiger partial charge in [-0.25, -0.2) is 9.40 Å². The lowest BCUT2D eigenvalue weighted by molar-refractivity contribution is -0.197. The van der Waals surface area contributed by atoms with E-state index in [0.29, 0.717) is 6.41 Å². The molecule has 2 aliphatic heterocycles. The van der Waals surface area contributed by atoms with E-state index in [-0.39, 0.29) is 63.3 Å². The number of carboxylic acids is 1. The van der Waals surface area contributed by atoms with Crippen LogP contribution in [0.1, 0.15) is 24.0 Å². The van der Waals surface area contributed by atoms with Crippen LogP contribution in [-0.2, 0) is 37.1 Å². The van der Waals surface area contributed by atoms with E-state index < -0.39 is 18.2 Å². The van der Waals surface area contributed by atoms with Crippen molar-refractivity contribution in [3.8, 4) is 0 Å². The fourth-order valence-electron chi connectivity index (χ4n) is 4.67. The molecule has 2 atom stereocenters. The maximum absolute atomic E-state index is 13.0. The van der Waals surface area contributed by atoms with Crippen molar-refractivity contribution in [1.29, 1.82) is 0 Å². The van der Waals surface area contributed by atoms with Gasteiger partial charge in [0, 0.05) is 26.6 Å². The summed E-state index contributed by atoms with van der Waals surface area (Å²) in [5.74, 6) is -2.11. The number of rotatable bonds is 11. The molecule has 0 aromatic heterocycles. The van der Waals surface area contributed by atoms with Crippen LogP contribution in [0.25, 0.3) is 0 Å². The van der Waals surface area contributed by atoms with Crippen molar-refractivity contribution < 1.29 is 33.4 Å². The monoisotopic (exact) mass is 557 g/mol. The van der Waals surface area contributed by atoms with Crippen LogP contribution in [0.3, 0.4) is 0 Å². The summed E-state index contributed by atoms with van der Waals surface area (Å²) in [5, 5.41) is 15.0. The first-order valence-electron chi connectivity index (χ1n) is 13.0. The van der Waals surface area contributed by atoms with Gasteiger partial charge < -0.3 is 25.0 Å². The van der Waals surface area contributed by atoms with E-state index in [1.807, 2.05) is 25.2 Å². The zero-order valence-electron chi connectivity index (χ0n) is 22.7. The summed E-state index contributed by atoms with van der Waals surface area (Å²) in [6.07, 6.45) is -0.437. The molecule has 2 heterocycles. The van der Waals surface area contributed by atoms with Crippen LogP contribution in [0.2, 0.25) is 0 Å². The molecule has 2 aromatic rings. The molecular formula is C28H36FN5O6. The van der Waals surface area contributed by atoms with Crippen LogP contribution in [0.4, 0.5) is 4.39 Å². The number of carbonyl (C=O) groups is 4. The first kappa shape index (κ1) is 30.7. The number of nitrogens with zero attached hydrogens (tertiary/aromatic N) is 4. The summed E-state index contributed by atoms with van der Waals surface area (Å²) in [6, 6.07) is 15.2. The van der Waals surface area contributed by atoms with Crippen LogP contribution in [0.5, 0.6) is 0 Å². The molecule has 0 radical (unpaired) electrons. The minimum Gasteiger partial charge on any atom is -0.481 e. The van der Waals surface area contributed by atoms with Crippen LogP contribution >= 0.6 is 0 Å². The van der Waals surface area contributed by atoms with Crippen molar-refractivity contribution in [3.63, 3.8) is 0 Å². The van der Waals surface area contributed by atoms with Crippen molar-refractivity contribution in [2.24, 2.45) is 0 Å². The van der Waals surface area contributed by atoms with E-state index in [2.05, 4.69) is 17.4 Å². The van der Waals surface area contributed by atoms with Gasteiger partial charge in [-0.05, 0) is 36.7 Å². The maximum Gasteiger partial charge on any atom is 0.303 e. The summed E-state index contributed by atoms with van der Waals surface area (Å²) in [6.45, 7) is 1.61. The second kappa shape index (κ2) is 15.1. The van der Waals surface area contributed by atoms with Gasteiger partial charge in [0.2, 0.25) is 18.2 Å². The second-order valence-corrected chi connectivity index (χ2v) is 9.51. The van der Waals surface area contributed by atoms with Crippen molar-refractivity contribution >= 4 is 24.2 Å². The van der Waals surface area contributed by atoms with Crippen LogP contribution in [0.15, 0.2) is 54.6 Å². The number of aliphatic carboxylic acids is 1. The summed E-state index contributed by atoms with van der Waals surface area (Å²) in [4.78, 5) is 51.2. The maximum atomic E-state index is 13.0. The average Bonchev–Trinajstić information content (AvgIpc) is 2.93. The molecule has 12 heteroatoms. The van der Waals surface area contributed by atoms with Crippen molar-refractivity contribution in [2.45, 2.75) is 38.2 Å². The number of piperazine rings is 1. The normalized spacial score (nSPS) is 19.1. The highest BCUT2D eigenvalue weighted by molar-refractivity contribution is 5.91. The average molecular weight is 558 g/mol. The molecular weight excluding hydrogens is 521 g/mol. The molecule has 0 bridgehead atoms. The largest absolute Gasteiger partial charge is 0.481 e. The van der Waals surface area contributed by atoms with Crippen molar-refractivity contribution in [1.82, 2.24) is 25.1 Å². The molecule has 2 fully saturated rings. The van der Waals surface area contributed by atoms with Crippen molar-refractivity contribution in [3.05, 3.63) is 71.5 Å². The molecule has 216 valence electrons. The highest BCUT2D eigenvalue weighted by Gasteiger charge is 2.48. The van der Waals surface area contributed by atoms with E-state index in [1.54, 1.807) is 19.2 Å². The van der Waals surface area contributed by atoms with Gasteiger partial charge in [-0.3, -0.25) is 24.2 Å². The van der Waals surface area contributed by atoms with Gasteiger partial charge in [-0.15, -0.1) is 0 Å². The Bertz CT molecular complexity index is 1140. The van der Waals surface area contributed by atoms with Gasteiger partial charge in [0.05, 0.1) is 26.3 Å². The zero-order chi connectivity index (χ0) is 29.1. The minimum absolute atomic E-state index is 0.0419. The molecule has 3 amide bonds. The minimum atomic E-state index is -1.07. The van der Waals surface area contributed by atoms with E-state index in [1.165, 1.54) is 37.5 Å². The molecule has 0 aliphatic carbocycles. The Morgan fingerprint density at radius 1 is 1.12 bits per heavy atom. The quantitative estimate of drug-likeness (QED) is 0.313. The van der Waals surface area contributed by atoms with Gasteiger partial charge in [-0.2, -0.15) is 0 Å². The van der Waals surface area contributed by atoms with Gasteiger partial charge in [-0.1, -0.05) is 42.5 Å². The topological polar surface area (TPSA) is 123 Å². The van der Waals surface area contributed by atoms with E-state index in [0.717, 1.165) is 12.1 Å². The molecule has 0 saturated carbocycles. The third-order valence-corrected chi connectivity index (χ3v) is 6.64. The molecule has 40 heavy (non-hydrogen) atoms. The molecule has 2 aromatic carbocycles. The Morgan fingerprint density at radius 3 is 2.45 bits per heavy atom. The summed E-state index contributed by atoms with van der Waals surface area (Å²) < 4.78 is 18.6. The molecule has 4 rings (SSSR count). The lowest BCUT2D eigenvalue weighted by Crippen LogP contribution is -2.74. The highest BCUT2D eigenvalue weighted by atomic mass is 19.1. The number of halogens is 1. The number of carboxylic acid groups (broad SMARTS) is 1. The number of amides is 3. The Labute approximate surface area is 233 Å². The number of carbonyl (C=O) groups excluding carboxylic acids is 3. The number of benzene rings is 2. The fourth-order valence-corrected chi connectivity index (χ4v) is 4.67. The van der Waals surface area contributed by atoms with Gasteiger partial charge in [0.25, 0.3) is 0 Å². The van der Waals surface area contributed by atoms with Gasteiger partial charge in [0.1, 0.15) is 18.0 Å². The zero-order valence-corrected chi connectivity index (χ0v) is 22.7. The SMILES string of the molecule is CN1CC(=O)N2C(CCC(=O)O)C(=O)N(CCOCc3ccc(F)cc3)C[C@@H]2N1C=O.CNCc1ccccc1. The fraction of sp³-hybridized carbons (Fsp3) is 0.429. The third-order valence-electron chi connectivity index (χ3n) is 6.64. The molecule has 2 N–H and O–H groups in total. The predicted octanol–water partition coefficient (Wildman–Crippen LogP) is 1.30. The lowest BCUT2D eigenvalue weighted by atomic mass is 10.0. The first-order valence-corrected chi connectivity index (χ1v) is 13.0. The smallest absolute Gasteiger partial charge is 0.303 e. The number of hydrazine groups is 1.